The van der Waals surface area contributed by atoms with Crippen molar-refractivity contribution in [2.75, 3.05) is 0 Å². The molecule has 0 spiro atoms. The largest absolute Gasteiger partial charge is 0.478 e. The minimum Gasteiger partial charge on any atom is -0.478 e. The van der Waals surface area contributed by atoms with Gasteiger partial charge in [-0.1, -0.05) is 67.6 Å². The van der Waals surface area contributed by atoms with Gasteiger partial charge in [-0.3, -0.25) is 4.79 Å². The normalized spacial score (nSPS) is 16.8. The van der Waals surface area contributed by atoms with Crippen LogP contribution in [0.5, 0.6) is 0 Å². The average Bonchev–Trinajstić information content (AvgIpc) is 2.91. The van der Waals surface area contributed by atoms with E-state index in [0.29, 0.717) is 6.42 Å². The van der Waals surface area contributed by atoms with Crippen LogP contribution in [0, 0.1) is 5.82 Å². The SMILES string of the molecule is C[C@@H]1C(=O)CC(c2ccc(F)cc2)c2c1ccc1c2ccc2ccccc21.O=C(O)c1cncnc1. The number of halogens is 1. The summed E-state index contributed by atoms with van der Waals surface area (Å²) >= 11 is 0. The zero-order chi connectivity index (χ0) is 25.2. The molecular weight excluding hydrogens is 455 g/mol. The Balaban J connectivity index is 0.000000252. The fraction of sp³-hybridized carbons (Fsp3) is 0.133. The summed E-state index contributed by atoms with van der Waals surface area (Å²) in [5.74, 6) is -1.15. The number of hydrogen-bond donors (Lipinski definition) is 1. The van der Waals surface area contributed by atoms with Crippen molar-refractivity contribution >= 4 is 33.3 Å². The van der Waals surface area contributed by atoms with Crippen LogP contribution in [0.4, 0.5) is 4.39 Å². The van der Waals surface area contributed by atoms with Gasteiger partial charge in [0.25, 0.3) is 0 Å². The van der Waals surface area contributed by atoms with Crippen molar-refractivity contribution in [2.45, 2.75) is 25.2 Å². The Bertz CT molecular complexity index is 1580. The minimum atomic E-state index is -1.00. The molecule has 1 unspecified atom stereocenters. The molecule has 0 aliphatic heterocycles. The van der Waals surface area contributed by atoms with Gasteiger partial charge in [0.15, 0.2) is 0 Å². The van der Waals surface area contributed by atoms with Crippen LogP contribution in [0.2, 0.25) is 0 Å². The van der Waals surface area contributed by atoms with Crippen molar-refractivity contribution in [1.82, 2.24) is 9.97 Å². The Kier molecular flexibility index (Phi) is 6.25. The number of aromatic nitrogens is 2. The number of hydrogen-bond acceptors (Lipinski definition) is 4. The predicted octanol–water partition coefficient (Wildman–Crippen LogP) is 6.52. The van der Waals surface area contributed by atoms with E-state index in [0.717, 1.165) is 11.1 Å². The van der Waals surface area contributed by atoms with Crippen LogP contribution in [0.15, 0.2) is 91.5 Å². The molecule has 1 aromatic heterocycles. The lowest BCUT2D eigenvalue weighted by Crippen LogP contribution is -2.23. The molecule has 1 N–H and O–H groups in total. The van der Waals surface area contributed by atoms with E-state index < -0.39 is 5.97 Å². The van der Waals surface area contributed by atoms with Gasteiger partial charge in [0.1, 0.15) is 17.9 Å². The molecule has 0 fully saturated rings. The maximum Gasteiger partial charge on any atom is 0.338 e. The number of ketones is 1. The first-order chi connectivity index (χ1) is 17.4. The maximum absolute atomic E-state index is 13.4. The van der Waals surface area contributed by atoms with Crippen molar-refractivity contribution in [3.63, 3.8) is 0 Å². The molecule has 6 rings (SSSR count). The second-order valence-corrected chi connectivity index (χ2v) is 8.88. The number of benzene rings is 4. The molecule has 0 saturated heterocycles. The Morgan fingerprint density at radius 1 is 0.889 bits per heavy atom. The van der Waals surface area contributed by atoms with E-state index in [1.54, 1.807) is 0 Å². The molecule has 5 nitrogen and oxygen atoms in total. The first-order valence-electron chi connectivity index (χ1n) is 11.6. The van der Waals surface area contributed by atoms with E-state index in [4.69, 9.17) is 5.11 Å². The van der Waals surface area contributed by atoms with Crippen LogP contribution in [0.25, 0.3) is 21.5 Å². The van der Waals surface area contributed by atoms with Crippen molar-refractivity contribution in [1.29, 1.82) is 0 Å². The molecule has 0 radical (unpaired) electrons. The number of carbonyl (C=O) groups is 2. The molecule has 2 atom stereocenters. The molecule has 0 amide bonds. The van der Waals surface area contributed by atoms with Gasteiger partial charge in [-0.2, -0.15) is 0 Å². The topological polar surface area (TPSA) is 80.2 Å². The van der Waals surface area contributed by atoms with Crippen molar-refractivity contribution in [2.24, 2.45) is 0 Å². The van der Waals surface area contributed by atoms with Gasteiger partial charge < -0.3 is 5.11 Å². The summed E-state index contributed by atoms with van der Waals surface area (Å²) in [5, 5.41) is 13.1. The fourth-order valence-corrected chi connectivity index (χ4v) is 4.94. The third kappa shape index (κ3) is 4.33. The van der Waals surface area contributed by atoms with Crippen molar-refractivity contribution in [3.8, 4) is 0 Å². The predicted molar refractivity (Wildman–Crippen MR) is 137 cm³/mol. The third-order valence-corrected chi connectivity index (χ3v) is 6.78. The quantitative estimate of drug-likeness (QED) is 0.292. The molecule has 36 heavy (non-hydrogen) atoms. The summed E-state index contributed by atoms with van der Waals surface area (Å²) in [6.45, 7) is 1.99. The van der Waals surface area contributed by atoms with Gasteiger partial charge >= 0.3 is 5.97 Å². The number of carbonyl (C=O) groups excluding carboxylic acids is 1. The van der Waals surface area contributed by atoms with Crippen molar-refractivity contribution < 1.29 is 19.1 Å². The second kappa shape index (κ2) is 9.66. The number of nitrogens with zero attached hydrogens (tertiary/aromatic N) is 2. The van der Waals surface area contributed by atoms with Gasteiger partial charge in [0.05, 0.1) is 5.56 Å². The number of carboxylic acid groups (broad SMARTS) is 1. The van der Waals surface area contributed by atoms with Crippen LogP contribution in [0.1, 0.15) is 52.2 Å². The van der Waals surface area contributed by atoms with Gasteiger partial charge in [-0.05, 0) is 50.4 Å². The summed E-state index contributed by atoms with van der Waals surface area (Å²) in [4.78, 5) is 29.8. The van der Waals surface area contributed by atoms with Crippen LogP contribution in [-0.4, -0.2) is 26.8 Å². The Hall–Kier alpha value is -4.45. The smallest absolute Gasteiger partial charge is 0.338 e. The van der Waals surface area contributed by atoms with Gasteiger partial charge in [-0.15, -0.1) is 0 Å². The lowest BCUT2D eigenvalue weighted by Gasteiger charge is -2.31. The standard InChI is InChI=1S/C25H19FO.C5H4N2O2/c1-15-19-12-13-21-20-5-3-2-4-16(20)8-11-22(21)25(19)23(14-24(15)27)17-6-9-18(26)10-7-17;8-5(9)4-1-6-3-7-2-4/h2-13,15,23H,14H2,1H3;1-3H,(H,8,9)/t15-,23?;/m0./s1. The molecule has 4 aromatic carbocycles. The average molecular weight is 479 g/mol. The van der Waals surface area contributed by atoms with Crippen LogP contribution >= 0.6 is 0 Å². The number of aromatic carboxylic acids is 1. The molecule has 0 bridgehead atoms. The number of fused-ring (bicyclic) bond motifs is 5. The first kappa shape index (κ1) is 23.3. The summed E-state index contributed by atoms with van der Waals surface area (Å²) < 4.78 is 13.4. The Labute approximate surface area is 207 Å². The molecule has 1 heterocycles. The van der Waals surface area contributed by atoms with Gasteiger partial charge in [0.2, 0.25) is 0 Å². The highest BCUT2D eigenvalue weighted by Gasteiger charge is 2.33. The fourth-order valence-electron chi connectivity index (χ4n) is 4.94. The van der Waals surface area contributed by atoms with E-state index in [-0.39, 0.29) is 29.0 Å². The lowest BCUT2D eigenvalue weighted by atomic mass is 9.72. The van der Waals surface area contributed by atoms with Crippen LogP contribution in [-0.2, 0) is 4.79 Å². The molecule has 1 aliphatic carbocycles. The molecule has 6 heteroatoms. The number of rotatable bonds is 2. The maximum atomic E-state index is 13.4. The summed E-state index contributed by atoms with van der Waals surface area (Å²) in [6, 6.07) is 23.6. The zero-order valence-corrected chi connectivity index (χ0v) is 19.6. The minimum absolute atomic E-state index is 0.0332. The van der Waals surface area contributed by atoms with E-state index in [1.165, 1.54) is 58.0 Å². The summed E-state index contributed by atoms with van der Waals surface area (Å²) in [6.07, 6.45) is 4.24. The van der Waals surface area contributed by atoms with Crippen LogP contribution in [0.3, 0.4) is 0 Å². The first-order valence-corrected chi connectivity index (χ1v) is 11.6. The monoisotopic (exact) mass is 478 g/mol. The zero-order valence-electron chi connectivity index (χ0n) is 19.6. The van der Waals surface area contributed by atoms with E-state index in [2.05, 4.69) is 58.5 Å². The summed E-state index contributed by atoms with van der Waals surface area (Å²) in [7, 11) is 0. The highest BCUT2D eigenvalue weighted by Crippen LogP contribution is 2.45. The Morgan fingerprint density at radius 3 is 2.28 bits per heavy atom. The van der Waals surface area contributed by atoms with Crippen molar-refractivity contribution in [3.05, 3.63) is 120 Å². The van der Waals surface area contributed by atoms with E-state index >= 15 is 0 Å². The number of Topliss-reactive ketones (excluding diaryl/α,β-unsaturated/α-hetero) is 1. The summed E-state index contributed by atoms with van der Waals surface area (Å²) in [5.41, 5.74) is 3.43. The lowest BCUT2D eigenvalue weighted by molar-refractivity contribution is -0.120. The van der Waals surface area contributed by atoms with Crippen LogP contribution < -0.4 is 0 Å². The van der Waals surface area contributed by atoms with Gasteiger partial charge in [-0.25, -0.2) is 19.2 Å². The molecule has 5 aromatic rings. The third-order valence-electron chi connectivity index (χ3n) is 6.78. The van der Waals surface area contributed by atoms with Gasteiger partial charge in [0, 0.05) is 30.7 Å². The van der Waals surface area contributed by atoms with E-state index in [9.17, 15) is 14.0 Å². The van der Waals surface area contributed by atoms with E-state index in [1.807, 2.05) is 19.1 Å². The highest BCUT2D eigenvalue weighted by molar-refractivity contribution is 6.10. The second-order valence-electron chi connectivity index (χ2n) is 8.88. The highest BCUT2D eigenvalue weighted by atomic mass is 19.1. The molecule has 178 valence electrons. The molecule has 0 saturated carbocycles. The molecular formula is C30H23FN2O3. The molecule has 1 aliphatic rings. The number of carboxylic acids is 1. The Morgan fingerprint density at radius 2 is 1.58 bits per heavy atom.